The van der Waals surface area contributed by atoms with Crippen LogP contribution in [0.3, 0.4) is 0 Å². The summed E-state index contributed by atoms with van der Waals surface area (Å²) in [6, 6.07) is 5.93. The number of fused-ring (bicyclic) bond motifs is 1. The lowest BCUT2D eigenvalue weighted by Gasteiger charge is -2.39. The zero-order chi connectivity index (χ0) is 17.4. The van der Waals surface area contributed by atoms with Crippen LogP contribution < -0.4 is 10.6 Å². The van der Waals surface area contributed by atoms with Crippen LogP contribution in [0.1, 0.15) is 19.3 Å². The zero-order valence-corrected chi connectivity index (χ0v) is 14.1. The van der Waals surface area contributed by atoms with Gasteiger partial charge in [0.05, 0.1) is 11.7 Å². The Labute approximate surface area is 146 Å². The molecule has 3 fully saturated rings. The first kappa shape index (κ1) is 16.3. The first-order valence-corrected chi connectivity index (χ1v) is 8.89. The molecule has 134 valence electrons. The minimum atomic E-state index is -0.428. The number of nitrogens with one attached hydrogen (secondary N) is 2. The minimum Gasteiger partial charge on any atom is -0.353 e. The van der Waals surface area contributed by atoms with E-state index < -0.39 is 5.82 Å². The molecule has 1 unspecified atom stereocenters. The molecule has 4 rings (SSSR count). The molecule has 0 aliphatic carbocycles. The Morgan fingerprint density at radius 1 is 1.24 bits per heavy atom. The Morgan fingerprint density at radius 2 is 2.00 bits per heavy atom. The lowest BCUT2D eigenvalue weighted by Crippen LogP contribution is -2.52. The Morgan fingerprint density at radius 3 is 2.72 bits per heavy atom. The van der Waals surface area contributed by atoms with Crippen molar-refractivity contribution >= 4 is 17.6 Å². The molecule has 0 saturated carbocycles. The number of halogens is 1. The molecule has 3 aliphatic rings. The van der Waals surface area contributed by atoms with Crippen molar-refractivity contribution in [2.45, 2.75) is 25.3 Å². The second-order valence-electron chi connectivity index (χ2n) is 7.38. The largest absolute Gasteiger partial charge is 0.353 e. The van der Waals surface area contributed by atoms with Crippen LogP contribution in [-0.2, 0) is 4.79 Å². The third kappa shape index (κ3) is 3.08. The van der Waals surface area contributed by atoms with E-state index >= 15 is 0 Å². The van der Waals surface area contributed by atoms with Gasteiger partial charge < -0.3 is 15.5 Å². The fraction of sp³-hybridized carbons (Fsp3) is 0.556. The van der Waals surface area contributed by atoms with Crippen molar-refractivity contribution in [2.75, 3.05) is 38.0 Å². The third-order valence-electron chi connectivity index (χ3n) is 5.83. The highest BCUT2D eigenvalue weighted by Crippen LogP contribution is 2.43. The highest BCUT2D eigenvalue weighted by molar-refractivity contribution is 5.89. The van der Waals surface area contributed by atoms with Gasteiger partial charge in [0, 0.05) is 32.7 Å². The number of para-hydroxylation sites is 1. The molecule has 6 nitrogen and oxygen atoms in total. The standard InChI is InChI=1S/C18H23FN4O2/c19-13-3-1-2-4-14(13)21-17(25)22-8-5-18(6-9-22)11-15-16(24)20-7-10-23(15)12-18/h1-4,15H,5-12H2,(H,20,24)(H,21,25). The van der Waals surface area contributed by atoms with Crippen molar-refractivity contribution in [2.24, 2.45) is 5.41 Å². The average molecular weight is 346 g/mol. The molecule has 25 heavy (non-hydrogen) atoms. The summed E-state index contributed by atoms with van der Waals surface area (Å²) in [5.41, 5.74) is 0.337. The number of benzene rings is 1. The highest BCUT2D eigenvalue weighted by Gasteiger charge is 2.49. The number of carbonyl (C=O) groups is 2. The Bertz CT molecular complexity index is 687. The maximum Gasteiger partial charge on any atom is 0.321 e. The number of amides is 3. The predicted octanol–water partition coefficient (Wildman–Crippen LogP) is 1.64. The molecule has 0 bridgehead atoms. The summed E-state index contributed by atoms with van der Waals surface area (Å²) < 4.78 is 13.7. The van der Waals surface area contributed by atoms with Gasteiger partial charge in [-0.1, -0.05) is 12.1 Å². The number of piperazine rings is 1. The monoisotopic (exact) mass is 346 g/mol. The van der Waals surface area contributed by atoms with Crippen LogP contribution in [0.5, 0.6) is 0 Å². The lowest BCUT2D eigenvalue weighted by atomic mass is 9.76. The topological polar surface area (TPSA) is 64.7 Å². The van der Waals surface area contributed by atoms with Gasteiger partial charge in [-0.2, -0.15) is 0 Å². The van der Waals surface area contributed by atoms with Gasteiger partial charge in [0.15, 0.2) is 0 Å². The quantitative estimate of drug-likeness (QED) is 0.813. The van der Waals surface area contributed by atoms with Crippen molar-refractivity contribution in [3.05, 3.63) is 30.1 Å². The molecule has 0 aromatic heterocycles. The van der Waals surface area contributed by atoms with E-state index in [1.54, 1.807) is 23.1 Å². The zero-order valence-electron chi connectivity index (χ0n) is 14.1. The van der Waals surface area contributed by atoms with E-state index in [1.807, 2.05) is 0 Å². The van der Waals surface area contributed by atoms with Crippen LogP contribution >= 0.6 is 0 Å². The number of rotatable bonds is 1. The van der Waals surface area contributed by atoms with Gasteiger partial charge in [0.1, 0.15) is 5.82 Å². The van der Waals surface area contributed by atoms with E-state index in [-0.39, 0.29) is 29.1 Å². The van der Waals surface area contributed by atoms with Gasteiger partial charge in [-0.15, -0.1) is 0 Å². The van der Waals surface area contributed by atoms with E-state index in [1.165, 1.54) is 6.07 Å². The minimum absolute atomic E-state index is 0.00691. The van der Waals surface area contributed by atoms with Crippen molar-refractivity contribution < 1.29 is 14.0 Å². The second-order valence-corrected chi connectivity index (χ2v) is 7.38. The molecular weight excluding hydrogens is 323 g/mol. The van der Waals surface area contributed by atoms with Gasteiger partial charge in [-0.25, -0.2) is 9.18 Å². The average Bonchev–Trinajstić information content (AvgIpc) is 2.97. The molecule has 3 heterocycles. The molecule has 3 amide bonds. The van der Waals surface area contributed by atoms with Crippen LogP contribution in [-0.4, -0.2) is 60.5 Å². The number of piperidine rings is 1. The SMILES string of the molecule is O=C1NCCN2CC3(CCN(C(=O)Nc4ccccc4F)CC3)CC12. The van der Waals surface area contributed by atoms with Crippen LogP contribution in [0.2, 0.25) is 0 Å². The van der Waals surface area contributed by atoms with Crippen LogP contribution in [0, 0.1) is 11.2 Å². The Balaban J connectivity index is 1.36. The summed E-state index contributed by atoms with van der Waals surface area (Å²) in [5.74, 6) is -0.286. The first-order chi connectivity index (χ1) is 12.1. The molecule has 1 atom stereocenters. The maximum absolute atomic E-state index is 13.7. The van der Waals surface area contributed by atoms with Crippen molar-refractivity contribution in [1.29, 1.82) is 0 Å². The fourth-order valence-corrected chi connectivity index (χ4v) is 4.38. The number of likely N-dealkylation sites (tertiary alicyclic amines) is 1. The summed E-state index contributed by atoms with van der Waals surface area (Å²) in [7, 11) is 0. The number of urea groups is 1. The Kier molecular flexibility index (Phi) is 4.11. The molecule has 7 heteroatoms. The van der Waals surface area contributed by atoms with Gasteiger partial charge >= 0.3 is 6.03 Å². The maximum atomic E-state index is 13.7. The van der Waals surface area contributed by atoms with E-state index in [4.69, 9.17) is 0 Å². The van der Waals surface area contributed by atoms with Crippen LogP contribution in [0.25, 0.3) is 0 Å². The molecule has 0 radical (unpaired) electrons. The number of nitrogens with zero attached hydrogens (tertiary/aromatic N) is 2. The molecule has 2 N–H and O–H groups in total. The lowest BCUT2D eigenvalue weighted by molar-refractivity contribution is -0.127. The first-order valence-electron chi connectivity index (χ1n) is 8.89. The summed E-state index contributed by atoms with van der Waals surface area (Å²) in [6.07, 6.45) is 2.65. The smallest absolute Gasteiger partial charge is 0.321 e. The van der Waals surface area contributed by atoms with E-state index in [2.05, 4.69) is 15.5 Å². The molecule has 1 aromatic rings. The molecular formula is C18H23FN4O2. The number of carbonyl (C=O) groups excluding carboxylic acids is 2. The van der Waals surface area contributed by atoms with Crippen molar-refractivity contribution in [1.82, 2.24) is 15.1 Å². The van der Waals surface area contributed by atoms with Gasteiger partial charge in [-0.05, 0) is 36.8 Å². The number of hydrogen-bond acceptors (Lipinski definition) is 3. The van der Waals surface area contributed by atoms with Gasteiger partial charge in [0.25, 0.3) is 0 Å². The van der Waals surface area contributed by atoms with Crippen molar-refractivity contribution in [3.63, 3.8) is 0 Å². The summed E-state index contributed by atoms with van der Waals surface area (Å²) in [5, 5.41) is 5.60. The fourth-order valence-electron chi connectivity index (χ4n) is 4.38. The van der Waals surface area contributed by atoms with Gasteiger partial charge in [0.2, 0.25) is 5.91 Å². The van der Waals surface area contributed by atoms with Crippen molar-refractivity contribution in [3.8, 4) is 0 Å². The third-order valence-corrected chi connectivity index (χ3v) is 5.83. The second kappa shape index (κ2) is 6.29. The molecule has 3 aliphatic heterocycles. The highest BCUT2D eigenvalue weighted by atomic mass is 19.1. The summed E-state index contributed by atoms with van der Waals surface area (Å²) >= 11 is 0. The van der Waals surface area contributed by atoms with Gasteiger partial charge in [-0.3, -0.25) is 9.69 Å². The Hall–Kier alpha value is -2.15. The van der Waals surface area contributed by atoms with Crippen LogP contribution in [0.15, 0.2) is 24.3 Å². The summed E-state index contributed by atoms with van der Waals surface area (Å²) in [6.45, 7) is 3.86. The number of hydrogen-bond donors (Lipinski definition) is 2. The number of anilines is 1. The predicted molar refractivity (Wildman–Crippen MR) is 91.6 cm³/mol. The van der Waals surface area contributed by atoms with E-state index in [0.717, 1.165) is 38.9 Å². The molecule has 1 spiro atoms. The van der Waals surface area contributed by atoms with E-state index in [9.17, 15) is 14.0 Å². The molecule has 3 saturated heterocycles. The van der Waals surface area contributed by atoms with E-state index in [0.29, 0.717) is 13.1 Å². The molecule has 1 aromatic carbocycles. The normalized spacial score (nSPS) is 25.6. The summed E-state index contributed by atoms with van der Waals surface area (Å²) in [4.78, 5) is 28.5. The van der Waals surface area contributed by atoms with Crippen LogP contribution in [0.4, 0.5) is 14.9 Å².